The fourth-order valence-corrected chi connectivity index (χ4v) is 3.04. The first-order chi connectivity index (χ1) is 5.97. The third-order valence-electron chi connectivity index (χ3n) is 2.60. The summed E-state index contributed by atoms with van der Waals surface area (Å²) in [7, 11) is -3.12. The van der Waals surface area contributed by atoms with E-state index in [1.165, 1.54) is 12.7 Å². The molecule has 0 unspecified atom stereocenters. The second kappa shape index (κ2) is 5.30. The first-order valence-corrected chi connectivity index (χ1v) is 6.56. The molecule has 0 saturated heterocycles. The van der Waals surface area contributed by atoms with Gasteiger partial charge >= 0.3 is 0 Å². The van der Waals surface area contributed by atoms with E-state index in [1.54, 1.807) is 0 Å². The smallest absolute Gasteiger partial charge is 0.209 e. The van der Waals surface area contributed by atoms with Crippen LogP contribution in [0.25, 0.3) is 0 Å². The summed E-state index contributed by atoms with van der Waals surface area (Å²) in [6.45, 7) is 0.403. The van der Waals surface area contributed by atoms with Crippen LogP contribution in [0.1, 0.15) is 32.1 Å². The average Bonchev–Trinajstić information content (AvgIpc) is 2.03. The Morgan fingerprint density at radius 3 is 2.14 bits per heavy atom. The van der Waals surface area contributed by atoms with Gasteiger partial charge in [0.05, 0.1) is 6.26 Å². The van der Waals surface area contributed by atoms with Crippen molar-refractivity contribution in [2.75, 3.05) is 12.8 Å². The van der Waals surface area contributed by atoms with Crippen LogP contribution < -0.4 is 10.5 Å². The molecule has 1 fully saturated rings. The first-order valence-electron chi connectivity index (χ1n) is 4.66. The fraction of sp³-hybridized carbons (Fsp3) is 1.00. The van der Waals surface area contributed by atoms with Crippen LogP contribution in [0.3, 0.4) is 0 Å². The lowest BCUT2D eigenvalue weighted by Gasteiger charge is -2.36. The second-order valence-corrected chi connectivity index (χ2v) is 5.67. The van der Waals surface area contributed by atoms with Gasteiger partial charge in [-0.25, -0.2) is 13.1 Å². The molecular formula is C8H19ClN2O2S. The van der Waals surface area contributed by atoms with Crippen molar-refractivity contribution >= 4 is 22.4 Å². The molecule has 6 heteroatoms. The standard InChI is InChI=1S/C8H18N2O2S.ClH/c1-13(11,12)10-8(7-9)5-3-2-4-6-8;/h10H,2-7,9H2,1H3;1H. The minimum Gasteiger partial charge on any atom is -0.329 e. The van der Waals surface area contributed by atoms with Crippen molar-refractivity contribution in [2.24, 2.45) is 5.73 Å². The Kier molecular flexibility index (Phi) is 5.36. The van der Waals surface area contributed by atoms with Crippen LogP contribution in [0.2, 0.25) is 0 Å². The Hall–Kier alpha value is 0.160. The second-order valence-electron chi connectivity index (χ2n) is 3.92. The van der Waals surface area contributed by atoms with Crippen LogP contribution in [0.4, 0.5) is 0 Å². The van der Waals surface area contributed by atoms with Gasteiger partial charge in [0.1, 0.15) is 0 Å². The molecule has 1 saturated carbocycles. The number of hydrogen-bond acceptors (Lipinski definition) is 3. The van der Waals surface area contributed by atoms with Crippen molar-refractivity contribution in [1.29, 1.82) is 0 Å². The van der Waals surface area contributed by atoms with Gasteiger partial charge in [-0.05, 0) is 12.8 Å². The predicted molar refractivity (Wildman–Crippen MR) is 60.1 cm³/mol. The summed E-state index contributed by atoms with van der Waals surface area (Å²) in [5, 5.41) is 0. The Labute approximate surface area is 92.1 Å². The van der Waals surface area contributed by atoms with E-state index in [1.807, 2.05) is 0 Å². The zero-order valence-electron chi connectivity index (χ0n) is 8.45. The van der Waals surface area contributed by atoms with Crippen LogP contribution in [-0.2, 0) is 10.0 Å². The number of rotatable bonds is 3. The molecule has 0 heterocycles. The molecule has 0 atom stereocenters. The highest BCUT2D eigenvalue weighted by Gasteiger charge is 2.32. The molecule has 86 valence electrons. The number of sulfonamides is 1. The molecule has 0 radical (unpaired) electrons. The first kappa shape index (κ1) is 14.2. The minimum absolute atomic E-state index is 0. The summed E-state index contributed by atoms with van der Waals surface area (Å²) < 4.78 is 24.9. The topological polar surface area (TPSA) is 72.2 Å². The van der Waals surface area contributed by atoms with Gasteiger partial charge in [-0.1, -0.05) is 19.3 Å². The predicted octanol–water partition coefficient (Wildman–Crippen LogP) is 0.619. The van der Waals surface area contributed by atoms with E-state index in [4.69, 9.17) is 5.73 Å². The number of halogens is 1. The Balaban J connectivity index is 0.00000169. The van der Waals surface area contributed by atoms with Gasteiger partial charge in [0.15, 0.2) is 0 Å². The van der Waals surface area contributed by atoms with Gasteiger partial charge in [-0.2, -0.15) is 0 Å². The van der Waals surface area contributed by atoms with Crippen molar-refractivity contribution in [3.8, 4) is 0 Å². The summed E-state index contributed by atoms with van der Waals surface area (Å²) in [5.74, 6) is 0. The van der Waals surface area contributed by atoms with Crippen molar-refractivity contribution in [2.45, 2.75) is 37.6 Å². The highest BCUT2D eigenvalue weighted by Crippen LogP contribution is 2.27. The number of hydrogen-bond donors (Lipinski definition) is 2. The molecule has 0 aliphatic heterocycles. The van der Waals surface area contributed by atoms with Crippen molar-refractivity contribution in [3.63, 3.8) is 0 Å². The van der Waals surface area contributed by atoms with E-state index in [0.717, 1.165) is 25.7 Å². The van der Waals surface area contributed by atoms with Crippen LogP contribution >= 0.6 is 12.4 Å². The minimum atomic E-state index is -3.12. The highest BCUT2D eigenvalue weighted by atomic mass is 35.5. The number of nitrogens with two attached hydrogens (primary N) is 1. The van der Waals surface area contributed by atoms with Crippen LogP contribution in [0.15, 0.2) is 0 Å². The van der Waals surface area contributed by atoms with Gasteiger partial charge in [0.2, 0.25) is 10.0 Å². The molecule has 4 nitrogen and oxygen atoms in total. The van der Waals surface area contributed by atoms with Gasteiger partial charge in [-0.15, -0.1) is 12.4 Å². The molecule has 1 aliphatic carbocycles. The molecule has 3 N–H and O–H groups in total. The zero-order chi connectivity index (χ0) is 9.95. The molecule has 0 aromatic rings. The summed E-state index contributed by atoms with van der Waals surface area (Å²) in [6, 6.07) is 0. The molecule has 14 heavy (non-hydrogen) atoms. The third kappa shape index (κ3) is 4.13. The maximum absolute atomic E-state index is 11.1. The maximum Gasteiger partial charge on any atom is 0.209 e. The Bertz CT molecular complexity index is 261. The van der Waals surface area contributed by atoms with Crippen LogP contribution in [-0.4, -0.2) is 26.8 Å². The van der Waals surface area contributed by atoms with Gasteiger partial charge in [-0.3, -0.25) is 0 Å². The molecule has 0 aromatic carbocycles. The van der Waals surface area contributed by atoms with Crippen molar-refractivity contribution in [3.05, 3.63) is 0 Å². The van der Waals surface area contributed by atoms with E-state index in [9.17, 15) is 8.42 Å². The molecule has 1 rings (SSSR count). The van der Waals surface area contributed by atoms with Gasteiger partial charge in [0, 0.05) is 12.1 Å². The lowest BCUT2D eigenvalue weighted by molar-refractivity contribution is 0.277. The van der Waals surface area contributed by atoms with E-state index >= 15 is 0 Å². The van der Waals surface area contributed by atoms with E-state index in [0.29, 0.717) is 6.54 Å². The van der Waals surface area contributed by atoms with Crippen LogP contribution in [0, 0.1) is 0 Å². The summed E-state index contributed by atoms with van der Waals surface area (Å²) in [5.41, 5.74) is 5.26. The maximum atomic E-state index is 11.1. The van der Waals surface area contributed by atoms with E-state index in [-0.39, 0.29) is 17.9 Å². The summed E-state index contributed by atoms with van der Waals surface area (Å²) in [4.78, 5) is 0. The lowest BCUT2D eigenvalue weighted by atomic mass is 9.83. The molecule has 1 aliphatic rings. The van der Waals surface area contributed by atoms with Gasteiger partial charge in [0.25, 0.3) is 0 Å². The molecular weight excluding hydrogens is 224 g/mol. The molecule has 0 bridgehead atoms. The normalized spacial score (nSPS) is 21.3. The summed E-state index contributed by atoms with van der Waals surface area (Å²) in [6.07, 6.45) is 6.26. The van der Waals surface area contributed by atoms with Crippen molar-refractivity contribution in [1.82, 2.24) is 4.72 Å². The average molecular weight is 243 g/mol. The Morgan fingerprint density at radius 2 is 1.79 bits per heavy atom. The molecule has 0 spiro atoms. The zero-order valence-corrected chi connectivity index (χ0v) is 10.1. The van der Waals surface area contributed by atoms with Crippen molar-refractivity contribution < 1.29 is 8.42 Å². The molecule has 0 amide bonds. The summed E-state index contributed by atoms with van der Waals surface area (Å²) >= 11 is 0. The van der Waals surface area contributed by atoms with Crippen LogP contribution in [0.5, 0.6) is 0 Å². The van der Waals surface area contributed by atoms with E-state index < -0.39 is 10.0 Å². The third-order valence-corrected chi connectivity index (χ3v) is 3.41. The quantitative estimate of drug-likeness (QED) is 0.762. The van der Waals surface area contributed by atoms with Gasteiger partial charge < -0.3 is 5.73 Å². The number of nitrogens with one attached hydrogen (secondary N) is 1. The van der Waals surface area contributed by atoms with E-state index in [2.05, 4.69) is 4.72 Å². The highest BCUT2D eigenvalue weighted by molar-refractivity contribution is 7.88. The Morgan fingerprint density at radius 1 is 1.29 bits per heavy atom. The monoisotopic (exact) mass is 242 g/mol. The lowest BCUT2D eigenvalue weighted by Crippen LogP contribution is -2.54. The SMILES string of the molecule is CS(=O)(=O)NC1(CN)CCCCC1.Cl. The molecule has 0 aromatic heterocycles. The fourth-order valence-electron chi connectivity index (χ4n) is 1.97. The largest absolute Gasteiger partial charge is 0.329 e.